The van der Waals surface area contributed by atoms with E-state index in [1.807, 2.05) is 55.2 Å². The number of carbonyl (C=O) groups is 1. The number of nitrogens with zero attached hydrogens (tertiary/aromatic N) is 4. The molecule has 3 rings (SSSR count). The van der Waals surface area contributed by atoms with Crippen molar-refractivity contribution in [3.63, 3.8) is 0 Å². The molecule has 0 bridgehead atoms. The van der Waals surface area contributed by atoms with Gasteiger partial charge in [0.05, 0.1) is 24.0 Å². The van der Waals surface area contributed by atoms with Crippen LogP contribution in [0.15, 0.2) is 48.9 Å². The van der Waals surface area contributed by atoms with Crippen LogP contribution in [0.4, 0.5) is 10.6 Å². The van der Waals surface area contributed by atoms with Gasteiger partial charge in [0.15, 0.2) is 0 Å². The molecule has 2 heterocycles. The molecule has 0 spiro atoms. The third-order valence-corrected chi connectivity index (χ3v) is 4.29. The van der Waals surface area contributed by atoms with Crippen LogP contribution in [0.25, 0.3) is 11.1 Å². The smallest absolute Gasteiger partial charge is 0.320 e. The molecule has 0 radical (unpaired) electrons. The first kappa shape index (κ1) is 18.7. The van der Waals surface area contributed by atoms with Gasteiger partial charge in [-0.15, -0.1) is 0 Å². The highest BCUT2D eigenvalue weighted by Crippen LogP contribution is 2.31. The zero-order valence-corrected chi connectivity index (χ0v) is 16.4. The van der Waals surface area contributed by atoms with Crippen LogP contribution >= 0.6 is 0 Å². The summed E-state index contributed by atoms with van der Waals surface area (Å²) in [5.74, 6) is 0.671. The third-order valence-electron chi connectivity index (χ3n) is 4.29. The van der Waals surface area contributed by atoms with Crippen molar-refractivity contribution in [2.75, 3.05) is 5.32 Å². The van der Waals surface area contributed by atoms with E-state index >= 15 is 0 Å². The average molecular weight is 366 g/mol. The van der Waals surface area contributed by atoms with E-state index in [1.54, 1.807) is 17.1 Å². The molecule has 0 aliphatic carbocycles. The van der Waals surface area contributed by atoms with Crippen LogP contribution in [0.5, 0.6) is 0 Å². The summed E-state index contributed by atoms with van der Waals surface area (Å²) in [6.45, 7) is 8.08. The Bertz CT molecular complexity index is 920. The SMILES string of the molecule is C[C@H](NC(=O)Nc1c(-c2ccccc2)cnn1C(C)(C)C)c1cnn(C)c1. The topological polar surface area (TPSA) is 76.8 Å². The van der Waals surface area contributed by atoms with Crippen molar-refractivity contribution in [1.82, 2.24) is 24.9 Å². The molecule has 0 saturated heterocycles. The van der Waals surface area contributed by atoms with Crippen molar-refractivity contribution >= 4 is 11.8 Å². The Morgan fingerprint density at radius 1 is 1.11 bits per heavy atom. The molecule has 27 heavy (non-hydrogen) atoms. The van der Waals surface area contributed by atoms with Gasteiger partial charge in [-0.3, -0.25) is 10.00 Å². The lowest BCUT2D eigenvalue weighted by molar-refractivity contribution is 0.249. The van der Waals surface area contributed by atoms with Crippen LogP contribution in [-0.4, -0.2) is 25.6 Å². The van der Waals surface area contributed by atoms with E-state index in [1.165, 1.54) is 0 Å². The van der Waals surface area contributed by atoms with Crippen LogP contribution in [0, 0.1) is 0 Å². The molecule has 3 aromatic rings. The first-order valence-electron chi connectivity index (χ1n) is 8.95. The van der Waals surface area contributed by atoms with E-state index in [-0.39, 0.29) is 17.6 Å². The molecule has 0 fully saturated rings. The van der Waals surface area contributed by atoms with Crippen molar-refractivity contribution in [2.45, 2.75) is 39.3 Å². The van der Waals surface area contributed by atoms with Gasteiger partial charge in [0.1, 0.15) is 5.82 Å². The quantitative estimate of drug-likeness (QED) is 0.735. The summed E-state index contributed by atoms with van der Waals surface area (Å²) in [6, 6.07) is 9.47. The number of carbonyl (C=O) groups excluding carboxylic acids is 1. The molecule has 0 unspecified atom stereocenters. The van der Waals surface area contributed by atoms with Crippen molar-refractivity contribution in [2.24, 2.45) is 7.05 Å². The monoisotopic (exact) mass is 366 g/mol. The fraction of sp³-hybridized carbons (Fsp3) is 0.350. The summed E-state index contributed by atoms with van der Waals surface area (Å²) < 4.78 is 3.55. The van der Waals surface area contributed by atoms with Gasteiger partial charge >= 0.3 is 6.03 Å². The van der Waals surface area contributed by atoms with Gasteiger partial charge in [0.25, 0.3) is 0 Å². The second kappa shape index (κ2) is 7.26. The minimum Gasteiger partial charge on any atom is -0.331 e. The number of amides is 2. The molecule has 0 aliphatic heterocycles. The molecule has 0 aliphatic rings. The molecule has 1 atom stereocenters. The standard InChI is InChI=1S/C20H26N6O/c1-14(16-11-21-25(5)13-16)23-19(27)24-18-17(15-9-7-6-8-10-15)12-22-26(18)20(2,3)4/h6-14H,1-5H3,(H2,23,24,27)/t14-/m0/s1. The molecular weight excluding hydrogens is 340 g/mol. The molecule has 0 saturated carbocycles. The Morgan fingerprint density at radius 2 is 1.81 bits per heavy atom. The third kappa shape index (κ3) is 4.19. The van der Waals surface area contributed by atoms with Crippen LogP contribution in [-0.2, 0) is 12.6 Å². The maximum atomic E-state index is 12.7. The van der Waals surface area contributed by atoms with Gasteiger partial charge in [0, 0.05) is 24.4 Å². The van der Waals surface area contributed by atoms with Gasteiger partial charge < -0.3 is 5.32 Å². The largest absolute Gasteiger partial charge is 0.331 e. The summed E-state index contributed by atoms with van der Waals surface area (Å²) in [5, 5.41) is 14.6. The maximum absolute atomic E-state index is 12.7. The van der Waals surface area contributed by atoms with Gasteiger partial charge in [-0.25, -0.2) is 9.48 Å². The summed E-state index contributed by atoms with van der Waals surface area (Å²) in [5.41, 5.74) is 2.56. The Hall–Kier alpha value is -3.09. The van der Waals surface area contributed by atoms with Crippen LogP contribution in [0.3, 0.4) is 0 Å². The number of anilines is 1. The van der Waals surface area contributed by atoms with E-state index < -0.39 is 0 Å². The minimum atomic E-state index is -0.283. The lowest BCUT2D eigenvalue weighted by Gasteiger charge is -2.23. The number of urea groups is 1. The first-order chi connectivity index (χ1) is 12.8. The number of benzene rings is 1. The van der Waals surface area contributed by atoms with Crippen molar-refractivity contribution in [1.29, 1.82) is 0 Å². The van der Waals surface area contributed by atoms with Crippen LogP contribution < -0.4 is 10.6 Å². The number of hydrogen-bond acceptors (Lipinski definition) is 3. The maximum Gasteiger partial charge on any atom is 0.320 e. The second-order valence-corrected chi connectivity index (χ2v) is 7.62. The van der Waals surface area contributed by atoms with E-state index in [0.29, 0.717) is 5.82 Å². The van der Waals surface area contributed by atoms with Gasteiger partial charge in [-0.1, -0.05) is 30.3 Å². The second-order valence-electron chi connectivity index (χ2n) is 7.62. The fourth-order valence-corrected chi connectivity index (χ4v) is 2.89. The Balaban J connectivity index is 1.86. The lowest BCUT2D eigenvalue weighted by atomic mass is 10.1. The summed E-state index contributed by atoms with van der Waals surface area (Å²) in [7, 11) is 1.85. The number of rotatable bonds is 4. The molecule has 142 valence electrons. The minimum absolute atomic E-state index is 0.162. The Kier molecular flexibility index (Phi) is 5.03. The van der Waals surface area contributed by atoms with E-state index in [9.17, 15) is 4.79 Å². The Labute approximate surface area is 159 Å². The van der Waals surface area contributed by atoms with Crippen LogP contribution in [0.1, 0.15) is 39.3 Å². The molecule has 2 aromatic heterocycles. The average Bonchev–Trinajstić information content (AvgIpc) is 3.21. The fourth-order valence-electron chi connectivity index (χ4n) is 2.89. The number of hydrogen-bond donors (Lipinski definition) is 2. The molecular formula is C20H26N6O. The normalized spacial score (nSPS) is 12.6. The van der Waals surface area contributed by atoms with Gasteiger partial charge in [-0.05, 0) is 33.3 Å². The molecule has 1 aromatic carbocycles. The summed E-state index contributed by atoms with van der Waals surface area (Å²) >= 11 is 0. The van der Waals surface area contributed by atoms with E-state index in [2.05, 4.69) is 41.6 Å². The highest BCUT2D eigenvalue weighted by molar-refractivity contribution is 5.93. The molecule has 2 N–H and O–H groups in total. The predicted molar refractivity (Wildman–Crippen MR) is 106 cm³/mol. The van der Waals surface area contributed by atoms with Crippen LogP contribution in [0.2, 0.25) is 0 Å². The van der Waals surface area contributed by atoms with E-state index in [4.69, 9.17) is 0 Å². The summed E-state index contributed by atoms with van der Waals surface area (Å²) in [6.07, 6.45) is 5.43. The Morgan fingerprint density at radius 3 is 2.41 bits per heavy atom. The number of aryl methyl sites for hydroxylation is 1. The highest BCUT2D eigenvalue weighted by Gasteiger charge is 2.23. The van der Waals surface area contributed by atoms with Crippen molar-refractivity contribution < 1.29 is 4.79 Å². The van der Waals surface area contributed by atoms with Gasteiger partial charge in [-0.2, -0.15) is 10.2 Å². The predicted octanol–water partition coefficient (Wildman–Crippen LogP) is 3.92. The molecule has 2 amide bonds. The van der Waals surface area contributed by atoms with Crippen molar-refractivity contribution in [3.8, 4) is 11.1 Å². The summed E-state index contributed by atoms with van der Waals surface area (Å²) in [4.78, 5) is 12.7. The number of nitrogens with one attached hydrogen (secondary N) is 2. The zero-order valence-electron chi connectivity index (χ0n) is 16.4. The molecule has 7 heteroatoms. The first-order valence-corrected chi connectivity index (χ1v) is 8.95. The van der Waals surface area contributed by atoms with Crippen molar-refractivity contribution in [3.05, 3.63) is 54.5 Å². The number of aromatic nitrogens is 4. The van der Waals surface area contributed by atoms with E-state index in [0.717, 1.165) is 16.7 Å². The van der Waals surface area contributed by atoms with Gasteiger partial charge in [0.2, 0.25) is 0 Å². The highest BCUT2D eigenvalue weighted by atomic mass is 16.2. The lowest BCUT2D eigenvalue weighted by Crippen LogP contribution is -2.34. The molecule has 7 nitrogen and oxygen atoms in total. The zero-order chi connectivity index (χ0) is 19.6.